The van der Waals surface area contributed by atoms with Crippen molar-refractivity contribution in [1.29, 1.82) is 0 Å². The van der Waals surface area contributed by atoms with Crippen LogP contribution < -0.4 is 5.32 Å². The first-order valence-electron chi connectivity index (χ1n) is 7.41. The molecule has 2 fully saturated rings. The summed E-state index contributed by atoms with van der Waals surface area (Å²) in [5.41, 5.74) is 2.49. The van der Waals surface area contributed by atoms with Crippen molar-refractivity contribution < 1.29 is 4.79 Å². The number of rotatable bonds is 2. The summed E-state index contributed by atoms with van der Waals surface area (Å²) in [6.07, 6.45) is 1.65. The molecule has 2 aliphatic rings. The number of benzene rings is 1. The monoisotopic (exact) mass is 318 g/mol. The van der Waals surface area contributed by atoms with Crippen molar-refractivity contribution in [2.75, 3.05) is 26.2 Å². The van der Waals surface area contributed by atoms with Crippen LogP contribution >= 0.6 is 12.4 Å². The Morgan fingerprint density at radius 3 is 2.50 bits per heavy atom. The van der Waals surface area contributed by atoms with Crippen molar-refractivity contribution in [1.82, 2.24) is 20.4 Å². The number of likely N-dealkylation sites (tertiary alicyclic amines) is 1. The molecule has 116 valence electrons. The van der Waals surface area contributed by atoms with Crippen molar-refractivity contribution in [2.45, 2.75) is 0 Å². The van der Waals surface area contributed by atoms with Crippen molar-refractivity contribution in [2.24, 2.45) is 11.8 Å². The van der Waals surface area contributed by atoms with E-state index in [9.17, 15) is 4.79 Å². The number of amides is 1. The van der Waals surface area contributed by atoms with Crippen LogP contribution in [0.2, 0.25) is 0 Å². The Balaban J connectivity index is 0.00000144. The van der Waals surface area contributed by atoms with Crippen LogP contribution in [-0.2, 0) is 0 Å². The van der Waals surface area contributed by atoms with Gasteiger partial charge in [-0.25, -0.2) is 0 Å². The second kappa shape index (κ2) is 6.10. The van der Waals surface area contributed by atoms with Gasteiger partial charge >= 0.3 is 0 Å². The van der Waals surface area contributed by atoms with E-state index >= 15 is 0 Å². The fraction of sp³-hybridized carbons (Fsp3) is 0.375. The van der Waals surface area contributed by atoms with Gasteiger partial charge < -0.3 is 10.2 Å². The summed E-state index contributed by atoms with van der Waals surface area (Å²) < 4.78 is 0. The molecule has 5 nitrogen and oxygen atoms in total. The van der Waals surface area contributed by atoms with Gasteiger partial charge in [-0.1, -0.05) is 30.3 Å². The van der Waals surface area contributed by atoms with Crippen LogP contribution in [0, 0.1) is 11.8 Å². The normalized spacial score (nSPS) is 23.2. The molecule has 0 radical (unpaired) electrons. The van der Waals surface area contributed by atoms with Crippen LogP contribution in [-0.4, -0.2) is 47.2 Å². The number of hydrogen-bond donors (Lipinski definition) is 2. The largest absolute Gasteiger partial charge is 0.338 e. The zero-order chi connectivity index (χ0) is 14.2. The van der Waals surface area contributed by atoms with Gasteiger partial charge in [-0.3, -0.25) is 9.89 Å². The Bertz CT molecular complexity index is 645. The summed E-state index contributed by atoms with van der Waals surface area (Å²) >= 11 is 0. The average molecular weight is 319 g/mol. The third-order valence-corrected chi connectivity index (χ3v) is 4.61. The van der Waals surface area contributed by atoms with Crippen molar-refractivity contribution in [3.8, 4) is 11.3 Å². The molecule has 2 atom stereocenters. The maximum Gasteiger partial charge on any atom is 0.257 e. The zero-order valence-corrected chi connectivity index (χ0v) is 13.0. The van der Waals surface area contributed by atoms with E-state index in [2.05, 4.69) is 15.5 Å². The first-order chi connectivity index (χ1) is 10.3. The number of fused-ring (bicyclic) bond motifs is 1. The number of halogens is 1. The highest BCUT2D eigenvalue weighted by molar-refractivity contribution is 5.99. The van der Waals surface area contributed by atoms with E-state index in [1.165, 1.54) is 0 Å². The Kier molecular flexibility index (Phi) is 4.18. The molecule has 2 N–H and O–H groups in total. The fourth-order valence-corrected chi connectivity index (χ4v) is 3.46. The average Bonchev–Trinajstić information content (AvgIpc) is 3.22. The molecule has 1 aromatic heterocycles. The van der Waals surface area contributed by atoms with Gasteiger partial charge in [0.05, 0.1) is 17.5 Å². The number of hydrogen-bond acceptors (Lipinski definition) is 3. The van der Waals surface area contributed by atoms with Gasteiger partial charge in [0.15, 0.2) is 0 Å². The molecule has 1 amide bonds. The predicted octanol–water partition coefficient (Wildman–Crippen LogP) is 1.79. The lowest BCUT2D eigenvalue weighted by molar-refractivity contribution is 0.0782. The quantitative estimate of drug-likeness (QED) is 0.887. The van der Waals surface area contributed by atoms with Crippen LogP contribution in [0.25, 0.3) is 11.3 Å². The van der Waals surface area contributed by atoms with Crippen molar-refractivity contribution in [3.63, 3.8) is 0 Å². The van der Waals surface area contributed by atoms with Crippen LogP contribution in [0.3, 0.4) is 0 Å². The van der Waals surface area contributed by atoms with E-state index < -0.39 is 0 Å². The lowest BCUT2D eigenvalue weighted by Crippen LogP contribution is -2.31. The van der Waals surface area contributed by atoms with Crippen LogP contribution in [0.1, 0.15) is 10.4 Å². The lowest BCUT2D eigenvalue weighted by Gasteiger charge is -2.17. The molecule has 0 saturated carbocycles. The molecule has 1 aromatic carbocycles. The summed E-state index contributed by atoms with van der Waals surface area (Å²) in [6, 6.07) is 9.89. The fourth-order valence-electron chi connectivity index (χ4n) is 3.46. The van der Waals surface area contributed by atoms with E-state index in [1.807, 2.05) is 35.2 Å². The topological polar surface area (TPSA) is 61.0 Å². The van der Waals surface area contributed by atoms with Crippen molar-refractivity contribution in [3.05, 3.63) is 42.1 Å². The van der Waals surface area contributed by atoms with Gasteiger partial charge in [-0.15, -0.1) is 12.4 Å². The van der Waals surface area contributed by atoms with Crippen LogP contribution in [0.4, 0.5) is 0 Å². The second-order valence-corrected chi connectivity index (χ2v) is 5.91. The van der Waals surface area contributed by atoms with Gasteiger partial charge in [-0.05, 0) is 11.8 Å². The third-order valence-electron chi connectivity index (χ3n) is 4.61. The Morgan fingerprint density at radius 2 is 1.82 bits per heavy atom. The molecular formula is C16H19ClN4O. The smallest absolute Gasteiger partial charge is 0.257 e. The van der Waals surface area contributed by atoms with E-state index in [-0.39, 0.29) is 18.3 Å². The van der Waals surface area contributed by atoms with Gasteiger partial charge in [0.1, 0.15) is 0 Å². The Labute approximate surface area is 135 Å². The molecule has 4 rings (SSSR count). The number of nitrogens with one attached hydrogen (secondary N) is 2. The molecule has 22 heavy (non-hydrogen) atoms. The molecule has 2 aromatic rings. The van der Waals surface area contributed by atoms with Crippen LogP contribution in [0.5, 0.6) is 0 Å². The molecular weight excluding hydrogens is 300 g/mol. The van der Waals surface area contributed by atoms with Gasteiger partial charge in [-0.2, -0.15) is 5.10 Å². The van der Waals surface area contributed by atoms with Gasteiger partial charge in [0, 0.05) is 31.7 Å². The van der Waals surface area contributed by atoms with E-state index in [0.717, 1.165) is 37.4 Å². The van der Waals surface area contributed by atoms with Crippen molar-refractivity contribution >= 4 is 18.3 Å². The third kappa shape index (κ3) is 2.51. The number of H-pyrrole nitrogens is 1. The highest BCUT2D eigenvalue weighted by Crippen LogP contribution is 2.29. The lowest BCUT2D eigenvalue weighted by atomic mass is 10.0. The molecule has 0 bridgehead atoms. The highest BCUT2D eigenvalue weighted by atomic mass is 35.5. The first kappa shape index (κ1) is 15.1. The first-order valence-corrected chi connectivity index (χ1v) is 7.41. The molecule has 2 aliphatic heterocycles. The Hall–Kier alpha value is -1.85. The molecule has 0 aliphatic carbocycles. The SMILES string of the molecule is Cl.O=C(c1cn[nH]c1-c1ccccc1)N1C[C@H]2CNC[C@H]2C1. The number of aromatic amines is 1. The molecule has 6 heteroatoms. The maximum atomic E-state index is 12.8. The standard InChI is InChI=1S/C16H18N4O.ClH/c21-16(20-9-12-6-17-7-13(12)10-20)14-8-18-19-15(14)11-4-2-1-3-5-11;/h1-5,8,12-13,17H,6-7,9-10H2,(H,18,19);1H/t12-,13+;. The molecule has 0 unspecified atom stereocenters. The van der Waals surface area contributed by atoms with E-state index in [1.54, 1.807) is 6.20 Å². The highest BCUT2D eigenvalue weighted by Gasteiger charge is 2.38. The number of carbonyl (C=O) groups is 1. The summed E-state index contributed by atoms with van der Waals surface area (Å²) in [5.74, 6) is 1.32. The minimum Gasteiger partial charge on any atom is -0.338 e. The van der Waals surface area contributed by atoms with Gasteiger partial charge in [0.2, 0.25) is 0 Å². The minimum absolute atomic E-state index is 0. The predicted molar refractivity (Wildman–Crippen MR) is 87.0 cm³/mol. The molecule has 2 saturated heterocycles. The summed E-state index contributed by atoms with van der Waals surface area (Å²) in [6.45, 7) is 3.78. The van der Waals surface area contributed by atoms with E-state index in [0.29, 0.717) is 17.4 Å². The number of carbonyl (C=O) groups excluding carboxylic acids is 1. The molecule has 0 spiro atoms. The number of aromatic nitrogens is 2. The number of nitrogens with zero attached hydrogens (tertiary/aromatic N) is 2. The summed E-state index contributed by atoms with van der Waals surface area (Å²) in [5, 5.41) is 10.4. The second-order valence-electron chi connectivity index (χ2n) is 5.91. The van der Waals surface area contributed by atoms with Crippen LogP contribution in [0.15, 0.2) is 36.5 Å². The maximum absolute atomic E-state index is 12.8. The summed E-state index contributed by atoms with van der Waals surface area (Å²) in [4.78, 5) is 14.8. The molecule has 3 heterocycles. The summed E-state index contributed by atoms with van der Waals surface area (Å²) in [7, 11) is 0. The minimum atomic E-state index is 0. The van der Waals surface area contributed by atoms with Gasteiger partial charge in [0.25, 0.3) is 5.91 Å². The zero-order valence-electron chi connectivity index (χ0n) is 12.2. The Morgan fingerprint density at radius 1 is 1.14 bits per heavy atom. The van der Waals surface area contributed by atoms with E-state index in [4.69, 9.17) is 0 Å².